The van der Waals surface area contributed by atoms with E-state index in [1.54, 1.807) is 18.9 Å². The topological polar surface area (TPSA) is 47.6 Å². The number of fused-ring (bicyclic) bond motifs is 3. The Balaban J connectivity index is 1.65. The second kappa shape index (κ2) is 8.16. The van der Waals surface area contributed by atoms with E-state index in [-0.39, 0.29) is 11.0 Å². The summed E-state index contributed by atoms with van der Waals surface area (Å²) in [6.07, 6.45) is 0.925. The maximum Gasteiger partial charge on any atom is 0.193 e. The maximum absolute atomic E-state index is 13.5. The molecule has 5 heteroatoms. The van der Waals surface area contributed by atoms with Gasteiger partial charge in [-0.3, -0.25) is 4.79 Å². The van der Waals surface area contributed by atoms with E-state index in [4.69, 9.17) is 9.47 Å². The van der Waals surface area contributed by atoms with E-state index in [9.17, 15) is 4.79 Å². The van der Waals surface area contributed by atoms with Crippen molar-refractivity contribution in [1.29, 1.82) is 0 Å². The Bertz CT molecular complexity index is 1200. The van der Waals surface area contributed by atoms with Gasteiger partial charge in [0.05, 0.1) is 30.4 Å². The van der Waals surface area contributed by atoms with Crippen LogP contribution in [0.4, 0.5) is 5.69 Å². The van der Waals surface area contributed by atoms with E-state index < -0.39 is 0 Å². The van der Waals surface area contributed by atoms with E-state index in [1.807, 2.05) is 54.6 Å². The molecule has 1 aliphatic heterocycles. The molecule has 3 aromatic carbocycles. The number of hydrogen-bond acceptors (Lipinski definition) is 5. The zero-order chi connectivity index (χ0) is 21.4. The maximum atomic E-state index is 13.5. The summed E-state index contributed by atoms with van der Waals surface area (Å²) in [5, 5.41) is 3.39. The van der Waals surface area contributed by atoms with Crippen molar-refractivity contribution in [2.24, 2.45) is 0 Å². The Hall–Kier alpha value is -3.18. The van der Waals surface area contributed by atoms with Crippen LogP contribution >= 0.6 is 11.8 Å². The highest BCUT2D eigenvalue weighted by atomic mass is 32.2. The lowest BCUT2D eigenvalue weighted by atomic mass is 10.0. The van der Waals surface area contributed by atoms with Crippen molar-refractivity contribution >= 4 is 28.9 Å². The second-order valence-corrected chi connectivity index (χ2v) is 8.69. The average molecular weight is 430 g/mol. The minimum Gasteiger partial charge on any atom is -0.493 e. The quantitative estimate of drug-likeness (QED) is 0.512. The van der Waals surface area contributed by atoms with Gasteiger partial charge in [-0.2, -0.15) is 0 Å². The van der Waals surface area contributed by atoms with E-state index in [0.29, 0.717) is 12.4 Å². The highest BCUT2D eigenvalue weighted by molar-refractivity contribution is 8.00. The van der Waals surface area contributed by atoms with E-state index in [1.165, 1.54) is 0 Å². The summed E-state index contributed by atoms with van der Waals surface area (Å²) in [5.74, 6) is 1.48. The van der Waals surface area contributed by atoms with Crippen molar-refractivity contribution in [3.05, 3.63) is 89.0 Å². The van der Waals surface area contributed by atoms with Crippen molar-refractivity contribution in [3.63, 3.8) is 0 Å². The monoisotopic (exact) mass is 429 g/mol. The molecule has 4 nitrogen and oxygen atoms in total. The first kappa shape index (κ1) is 19.8. The molecule has 0 aromatic heterocycles. The standard InChI is InChI=1S/C26H23NO3S/c1-3-14-30-20-13-12-16(15-21(20)29-2)26-23-24(17-8-4-5-9-18(17)25(23)28)27-19-10-6-7-11-22(19)31-26/h4-13,15,26-27H,3,14H2,1-2H3. The molecule has 0 spiro atoms. The molecule has 1 N–H and O–H groups in total. The molecular formula is C26H23NO3S. The Morgan fingerprint density at radius 3 is 2.55 bits per heavy atom. The molecule has 0 saturated carbocycles. The zero-order valence-electron chi connectivity index (χ0n) is 17.5. The zero-order valence-corrected chi connectivity index (χ0v) is 18.3. The molecule has 1 aliphatic carbocycles. The summed E-state index contributed by atoms with van der Waals surface area (Å²) in [6.45, 7) is 2.71. The van der Waals surface area contributed by atoms with Crippen LogP contribution < -0.4 is 14.8 Å². The van der Waals surface area contributed by atoms with Crippen LogP contribution in [0, 0.1) is 0 Å². The van der Waals surface area contributed by atoms with Crippen LogP contribution in [-0.4, -0.2) is 19.5 Å². The second-order valence-electron chi connectivity index (χ2n) is 7.54. The minimum absolute atomic E-state index is 0.0775. The van der Waals surface area contributed by atoms with Gasteiger partial charge in [0.1, 0.15) is 0 Å². The SMILES string of the molecule is CCCOc1ccc(C2Sc3ccccc3NC3=C2C(=O)c2ccccc23)cc1OC. The van der Waals surface area contributed by atoms with Gasteiger partial charge in [-0.25, -0.2) is 0 Å². The van der Waals surface area contributed by atoms with Gasteiger partial charge >= 0.3 is 0 Å². The van der Waals surface area contributed by atoms with Gasteiger partial charge in [0.2, 0.25) is 0 Å². The van der Waals surface area contributed by atoms with Crippen LogP contribution in [0.5, 0.6) is 11.5 Å². The predicted octanol–water partition coefficient (Wildman–Crippen LogP) is 6.35. The largest absolute Gasteiger partial charge is 0.493 e. The Kier molecular flexibility index (Phi) is 5.20. The molecule has 0 fully saturated rings. The number of carbonyl (C=O) groups is 1. The molecule has 2 aliphatic rings. The van der Waals surface area contributed by atoms with Gasteiger partial charge in [-0.1, -0.05) is 49.4 Å². The first-order valence-corrected chi connectivity index (χ1v) is 11.3. The van der Waals surface area contributed by atoms with Gasteiger partial charge in [0.25, 0.3) is 0 Å². The molecular weight excluding hydrogens is 406 g/mol. The lowest BCUT2D eigenvalue weighted by Gasteiger charge is -2.19. The van der Waals surface area contributed by atoms with Crippen LogP contribution in [0.25, 0.3) is 5.70 Å². The van der Waals surface area contributed by atoms with Crippen LogP contribution in [0.2, 0.25) is 0 Å². The first-order chi connectivity index (χ1) is 15.2. The Morgan fingerprint density at radius 2 is 1.74 bits per heavy atom. The lowest BCUT2D eigenvalue weighted by Crippen LogP contribution is -2.08. The molecule has 0 bridgehead atoms. The molecule has 0 saturated heterocycles. The lowest BCUT2D eigenvalue weighted by molar-refractivity contribution is 0.103. The summed E-state index contributed by atoms with van der Waals surface area (Å²) in [6, 6.07) is 22.0. The van der Waals surface area contributed by atoms with Crippen LogP contribution in [-0.2, 0) is 0 Å². The van der Waals surface area contributed by atoms with Crippen molar-refractivity contribution in [1.82, 2.24) is 0 Å². The first-order valence-electron chi connectivity index (χ1n) is 10.4. The summed E-state index contributed by atoms with van der Waals surface area (Å²) in [7, 11) is 1.65. The normalized spacial score (nSPS) is 16.7. The van der Waals surface area contributed by atoms with Gasteiger partial charge in [0, 0.05) is 21.6 Å². The fraction of sp³-hybridized carbons (Fsp3) is 0.192. The number of rotatable bonds is 5. The number of thioether (sulfide) groups is 1. The third-order valence-corrected chi connectivity index (χ3v) is 6.91. The van der Waals surface area contributed by atoms with Crippen molar-refractivity contribution in [3.8, 4) is 11.5 Å². The Morgan fingerprint density at radius 1 is 0.968 bits per heavy atom. The van der Waals surface area contributed by atoms with E-state index >= 15 is 0 Å². The number of para-hydroxylation sites is 1. The molecule has 5 rings (SSSR count). The number of anilines is 1. The van der Waals surface area contributed by atoms with E-state index in [0.717, 1.165) is 50.7 Å². The average Bonchev–Trinajstić information content (AvgIpc) is 2.97. The number of ether oxygens (including phenoxy) is 2. The number of hydrogen-bond donors (Lipinski definition) is 1. The third kappa shape index (κ3) is 3.39. The van der Waals surface area contributed by atoms with E-state index in [2.05, 4.69) is 24.4 Å². The van der Waals surface area contributed by atoms with Gasteiger partial charge < -0.3 is 14.8 Å². The fourth-order valence-electron chi connectivity index (χ4n) is 4.09. The van der Waals surface area contributed by atoms with Crippen molar-refractivity contribution in [2.75, 3.05) is 19.0 Å². The molecule has 3 aromatic rings. The molecule has 1 atom stereocenters. The summed E-state index contributed by atoms with van der Waals surface area (Å²) in [5.41, 5.74) is 5.42. The molecule has 31 heavy (non-hydrogen) atoms. The van der Waals surface area contributed by atoms with Crippen LogP contribution in [0.3, 0.4) is 0 Å². The number of Topliss-reactive ketones (excluding diaryl/α,β-unsaturated/α-hetero) is 1. The van der Waals surface area contributed by atoms with Gasteiger partial charge in [-0.15, -0.1) is 11.8 Å². The summed E-state index contributed by atoms with van der Waals surface area (Å²) in [4.78, 5) is 14.6. The van der Waals surface area contributed by atoms with Gasteiger partial charge in [-0.05, 0) is 36.2 Å². The summed E-state index contributed by atoms with van der Waals surface area (Å²) >= 11 is 1.69. The number of ketones is 1. The molecule has 0 amide bonds. The highest BCUT2D eigenvalue weighted by Gasteiger charge is 2.38. The third-order valence-electron chi connectivity index (χ3n) is 5.56. The summed E-state index contributed by atoms with van der Waals surface area (Å²) < 4.78 is 11.5. The van der Waals surface area contributed by atoms with Gasteiger partial charge in [0.15, 0.2) is 17.3 Å². The van der Waals surface area contributed by atoms with Crippen molar-refractivity contribution in [2.45, 2.75) is 23.5 Å². The highest BCUT2D eigenvalue weighted by Crippen LogP contribution is 2.53. The number of methoxy groups -OCH3 is 1. The van der Waals surface area contributed by atoms with Crippen molar-refractivity contribution < 1.29 is 14.3 Å². The smallest absolute Gasteiger partial charge is 0.193 e. The number of carbonyl (C=O) groups excluding carboxylic acids is 1. The van der Waals surface area contributed by atoms with Crippen LogP contribution in [0.15, 0.2) is 77.2 Å². The fourth-order valence-corrected chi connectivity index (χ4v) is 5.38. The minimum atomic E-state index is -0.167. The molecule has 0 radical (unpaired) electrons. The number of benzene rings is 3. The Labute approximate surface area is 186 Å². The predicted molar refractivity (Wildman–Crippen MR) is 125 cm³/mol. The van der Waals surface area contributed by atoms with Crippen LogP contribution in [0.1, 0.15) is 40.1 Å². The molecule has 156 valence electrons. The number of nitrogens with one attached hydrogen (secondary N) is 1. The molecule has 1 heterocycles. The molecule has 1 unspecified atom stereocenters.